The van der Waals surface area contributed by atoms with Crippen molar-refractivity contribution in [1.82, 2.24) is 5.16 Å². The Balaban J connectivity index is 0.00000144. The molecule has 0 radical (unpaired) electrons. The van der Waals surface area contributed by atoms with Crippen molar-refractivity contribution in [3.05, 3.63) is 23.2 Å². The molecule has 1 heterocycles. The summed E-state index contributed by atoms with van der Waals surface area (Å²) in [6.45, 7) is 2.43. The summed E-state index contributed by atoms with van der Waals surface area (Å²) in [4.78, 5) is 0. The first-order valence-electron chi connectivity index (χ1n) is 5.14. The normalized spacial score (nSPS) is 12.2. The zero-order valence-corrected chi connectivity index (χ0v) is 10.9. The molecule has 2 N–H and O–H groups in total. The first-order valence-corrected chi connectivity index (χ1v) is 5.52. The van der Waals surface area contributed by atoms with Crippen LogP contribution < -0.4 is 10.5 Å². The van der Waals surface area contributed by atoms with Gasteiger partial charge in [0.25, 0.3) is 5.88 Å². The Labute approximate surface area is 110 Å². The molecule has 4 nitrogen and oxygen atoms in total. The molecule has 1 aromatic carbocycles. The SMILES string of the molecule is CCC(N)COc1noc2ccc(Cl)cc12.Cl. The Morgan fingerprint density at radius 3 is 3.00 bits per heavy atom. The summed E-state index contributed by atoms with van der Waals surface area (Å²) >= 11 is 5.89. The van der Waals surface area contributed by atoms with Crippen LogP contribution >= 0.6 is 24.0 Å². The molecule has 0 fully saturated rings. The molecule has 0 aliphatic heterocycles. The lowest BCUT2D eigenvalue weighted by Gasteiger charge is -2.08. The van der Waals surface area contributed by atoms with Crippen LogP contribution in [0.15, 0.2) is 22.7 Å². The van der Waals surface area contributed by atoms with E-state index in [1.54, 1.807) is 18.2 Å². The van der Waals surface area contributed by atoms with Gasteiger partial charge < -0.3 is 15.0 Å². The molecule has 0 spiro atoms. The number of hydrogen-bond acceptors (Lipinski definition) is 4. The minimum absolute atomic E-state index is 0. The maximum atomic E-state index is 5.89. The van der Waals surface area contributed by atoms with E-state index in [0.717, 1.165) is 11.8 Å². The van der Waals surface area contributed by atoms with Gasteiger partial charge in [0.2, 0.25) is 0 Å². The zero-order chi connectivity index (χ0) is 11.5. The average Bonchev–Trinajstić information content (AvgIpc) is 2.68. The predicted octanol–water partition coefficient (Wildman–Crippen LogP) is 3.02. The highest BCUT2D eigenvalue weighted by molar-refractivity contribution is 6.31. The zero-order valence-electron chi connectivity index (χ0n) is 9.35. The molecule has 2 aromatic rings. The fraction of sp³-hybridized carbons (Fsp3) is 0.364. The van der Waals surface area contributed by atoms with Gasteiger partial charge in [-0.05, 0) is 29.8 Å². The fourth-order valence-corrected chi connectivity index (χ4v) is 1.47. The first kappa shape index (κ1) is 14.1. The van der Waals surface area contributed by atoms with Crippen molar-refractivity contribution in [2.24, 2.45) is 5.73 Å². The number of halogens is 2. The molecule has 0 amide bonds. The standard InChI is InChI=1S/C11H13ClN2O2.ClH/c1-2-8(13)6-15-11-9-5-7(12)3-4-10(9)16-14-11;/h3-5,8H,2,6,13H2,1H3;1H. The third-order valence-corrected chi connectivity index (χ3v) is 2.59. The van der Waals surface area contributed by atoms with Gasteiger partial charge in [0, 0.05) is 11.1 Å². The molecule has 0 bridgehead atoms. The van der Waals surface area contributed by atoms with Gasteiger partial charge in [0.05, 0.1) is 5.39 Å². The Morgan fingerprint density at radius 1 is 1.53 bits per heavy atom. The Kier molecular flexibility index (Phi) is 5.05. The molecule has 1 unspecified atom stereocenters. The molecule has 0 saturated carbocycles. The van der Waals surface area contributed by atoms with Crippen LogP contribution in [0.5, 0.6) is 5.88 Å². The summed E-state index contributed by atoms with van der Waals surface area (Å²) in [6, 6.07) is 5.28. The van der Waals surface area contributed by atoms with Gasteiger partial charge in [-0.2, -0.15) is 0 Å². The van der Waals surface area contributed by atoms with Gasteiger partial charge in [0.1, 0.15) is 6.61 Å². The third kappa shape index (κ3) is 3.25. The van der Waals surface area contributed by atoms with Gasteiger partial charge in [-0.1, -0.05) is 18.5 Å². The summed E-state index contributed by atoms with van der Waals surface area (Å²) in [7, 11) is 0. The van der Waals surface area contributed by atoms with E-state index in [1.807, 2.05) is 6.92 Å². The Morgan fingerprint density at radius 2 is 2.29 bits per heavy atom. The highest BCUT2D eigenvalue weighted by Crippen LogP contribution is 2.27. The minimum atomic E-state index is 0. The third-order valence-electron chi connectivity index (χ3n) is 2.36. The molecular weight excluding hydrogens is 263 g/mol. The van der Waals surface area contributed by atoms with Crippen LogP contribution in [0.3, 0.4) is 0 Å². The highest BCUT2D eigenvalue weighted by atomic mass is 35.5. The molecule has 0 aliphatic carbocycles. The second kappa shape index (κ2) is 6.10. The molecule has 2 rings (SSSR count). The van der Waals surface area contributed by atoms with Crippen LogP contribution in [0.1, 0.15) is 13.3 Å². The molecule has 0 aliphatic rings. The van der Waals surface area contributed by atoms with Crippen LogP contribution in [0.2, 0.25) is 5.02 Å². The topological polar surface area (TPSA) is 61.3 Å². The number of hydrogen-bond donors (Lipinski definition) is 1. The molecule has 94 valence electrons. The molecule has 6 heteroatoms. The number of ether oxygens (including phenoxy) is 1. The highest BCUT2D eigenvalue weighted by Gasteiger charge is 2.10. The van der Waals surface area contributed by atoms with Crippen molar-refractivity contribution in [1.29, 1.82) is 0 Å². The van der Waals surface area contributed by atoms with Gasteiger partial charge in [-0.3, -0.25) is 0 Å². The van der Waals surface area contributed by atoms with E-state index in [9.17, 15) is 0 Å². The second-order valence-electron chi connectivity index (χ2n) is 3.61. The summed E-state index contributed by atoms with van der Waals surface area (Å²) < 4.78 is 10.6. The lowest BCUT2D eigenvalue weighted by Crippen LogP contribution is -2.26. The van der Waals surface area contributed by atoms with E-state index >= 15 is 0 Å². The molecule has 1 aromatic heterocycles. The summed E-state index contributed by atoms with van der Waals surface area (Å²) in [5.74, 6) is 0.446. The van der Waals surface area contributed by atoms with E-state index in [-0.39, 0.29) is 18.4 Å². The van der Waals surface area contributed by atoms with E-state index < -0.39 is 0 Å². The van der Waals surface area contributed by atoms with Crippen LogP contribution in [0.25, 0.3) is 11.0 Å². The van der Waals surface area contributed by atoms with Gasteiger partial charge in [0.15, 0.2) is 5.58 Å². The molecule has 17 heavy (non-hydrogen) atoms. The van der Waals surface area contributed by atoms with Crippen LogP contribution in [0.4, 0.5) is 0 Å². The summed E-state index contributed by atoms with van der Waals surface area (Å²) in [6.07, 6.45) is 0.858. The van der Waals surface area contributed by atoms with Crippen molar-refractivity contribution in [2.45, 2.75) is 19.4 Å². The van der Waals surface area contributed by atoms with Crippen molar-refractivity contribution in [3.63, 3.8) is 0 Å². The number of fused-ring (bicyclic) bond motifs is 1. The van der Waals surface area contributed by atoms with Gasteiger partial charge in [-0.25, -0.2) is 0 Å². The molecular formula is C11H14Cl2N2O2. The van der Waals surface area contributed by atoms with Gasteiger partial charge in [-0.15, -0.1) is 12.4 Å². The Bertz CT molecular complexity index is 487. The van der Waals surface area contributed by atoms with Crippen molar-refractivity contribution >= 4 is 35.0 Å². The van der Waals surface area contributed by atoms with E-state index in [0.29, 0.717) is 23.1 Å². The molecule has 0 saturated heterocycles. The van der Waals surface area contributed by atoms with E-state index in [2.05, 4.69) is 5.16 Å². The fourth-order valence-electron chi connectivity index (χ4n) is 1.30. The number of benzene rings is 1. The van der Waals surface area contributed by atoms with E-state index in [1.165, 1.54) is 0 Å². The van der Waals surface area contributed by atoms with E-state index in [4.69, 9.17) is 26.6 Å². The lowest BCUT2D eigenvalue weighted by molar-refractivity contribution is 0.260. The monoisotopic (exact) mass is 276 g/mol. The summed E-state index contributed by atoms with van der Waals surface area (Å²) in [5.41, 5.74) is 6.41. The first-order chi connectivity index (χ1) is 7.70. The smallest absolute Gasteiger partial charge is 0.262 e. The van der Waals surface area contributed by atoms with Crippen LogP contribution in [-0.4, -0.2) is 17.8 Å². The largest absolute Gasteiger partial charge is 0.473 e. The van der Waals surface area contributed by atoms with Crippen molar-refractivity contribution < 1.29 is 9.26 Å². The van der Waals surface area contributed by atoms with Crippen LogP contribution in [0, 0.1) is 0 Å². The van der Waals surface area contributed by atoms with Crippen LogP contribution in [-0.2, 0) is 0 Å². The van der Waals surface area contributed by atoms with Crippen molar-refractivity contribution in [2.75, 3.05) is 6.61 Å². The maximum absolute atomic E-state index is 5.89. The number of aromatic nitrogens is 1. The lowest BCUT2D eigenvalue weighted by atomic mass is 10.2. The second-order valence-corrected chi connectivity index (χ2v) is 4.04. The van der Waals surface area contributed by atoms with Gasteiger partial charge >= 0.3 is 0 Å². The minimum Gasteiger partial charge on any atom is -0.473 e. The maximum Gasteiger partial charge on any atom is 0.262 e. The summed E-state index contributed by atoms with van der Waals surface area (Å²) in [5, 5.41) is 5.23. The number of nitrogens with two attached hydrogens (primary N) is 1. The number of rotatable bonds is 4. The predicted molar refractivity (Wildman–Crippen MR) is 70.0 cm³/mol. The van der Waals surface area contributed by atoms with Crippen molar-refractivity contribution in [3.8, 4) is 5.88 Å². The number of nitrogens with zero attached hydrogens (tertiary/aromatic N) is 1. The Hall–Kier alpha value is -0.970. The molecule has 1 atom stereocenters. The quantitative estimate of drug-likeness (QED) is 0.933. The average molecular weight is 277 g/mol.